The summed E-state index contributed by atoms with van der Waals surface area (Å²) in [5.41, 5.74) is 6.49. The highest BCUT2D eigenvalue weighted by Crippen LogP contribution is 2.04. The van der Waals surface area contributed by atoms with Crippen LogP contribution in [-0.2, 0) is 7.05 Å². The maximum absolute atomic E-state index is 5.62. The summed E-state index contributed by atoms with van der Waals surface area (Å²) >= 11 is 5.62. The Morgan fingerprint density at radius 2 is 2.30 bits per heavy atom. The highest BCUT2D eigenvalue weighted by molar-refractivity contribution is 6.29. The van der Waals surface area contributed by atoms with Gasteiger partial charge in [0, 0.05) is 6.07 Å². The molecule has 0 saturated carbocycles. The number of anilines is 1. The Hall–Kier alpha value is -0.830. The molecule has 0 spiro atoms. The van der Waals surface area contributed by atoms with Gasteiger partial charge in [-0.05, 0) is 18.5 Å². The monoisotopic (exact) mass is 158 g/mol. The molecule has 1 heterocycles. The van der Waals surface area contributed by atoms with E-state index in [0.717, 1.165) is 5.69 Å². The van der Waals surface area contributed by atoms with Crippen molar-refractivity contribution in [2.45, 2.75) is 6.92 Å². The van der Waals surface area contributed by atoms with Gasteiger partial charge in [0.2, 0.25) is 5.15 Å². The first-order chi connectivity index (χ1) is 4.61. The lowest BCUT2D eigenvalue weighted by molar-refractivity contribution is -0.665. The predicted molar refractivity (Wildman–Crippen MR) is 39.6 cm³/mol. The molecule has 0 bridgehead atoms. The first-order valence-corrected chi connectivity index (χ1v) is 3.27. The number of nitrogen functional groups attached to an aromatic ring is 1. The summed E-state index contributed by atoms with van der Waals surface area (Å²) in [7, 11) is 1.84. The van der Waals surface area contributed by atoms with Crippen molar-refractivity contribution in [2.24, 2.45) is 7.05 Å². The minimum absolute atomic E-state index is 0.435. The van der Waals surface area contributed by atoms with Gasteiger partial charge in [-0.2, -0.15) is 0 Å². The average Bonchev–Trinajstić information content (AvgIpc) is 1.82. The summed E-state index contributed by atoms with van der Waals surface area (Å²) in [4.78, 5) is 3.84. The van der Waals surface area contributed by atoms with E-state index in [1.807, 2.05) is 14.0 Å². The molecule has 1 aromatic heterocycles. The molecular weight excluding hydrogens is 150 g/mol. The molecule has 0 aliphatic heterocycles. The lowest BCUT2D eigenvalue weighted by Gasteiger charge is -1.97. The van der Waals surface area contributed by atoms with E-state index < -0.39 is 0 Å². The molecule has 0 amide bonds. The van der Waals surface area contributed by atoms with E-state index in [1.165, 1.54) is 0 Å². The second kappa shape index (κ2) is 2.42. The number of aromatic nitrogens is 2. The van der Waals surface area contributed by atoms with E-state index in [2.05, 4.69) is 4.98 Å². The van der Waals surface area contributed by atoms with Gasteiger partial charge >= 0.3 is 5.95 Å². The van der Waals surface area contributed by atoms with Crippen molar-refractivity contribution >= 4 is 17.5 Å². The number of aryl methyl sites for hydroxylation is 1. The number of hydrogen-bond donors (Lipinski definition) is 1. The van der Waals surface area contributed by atoms with Crippen LogP contribution in [0.25, 0.3) is 0 Å². The zero-order chi connectivity index (χ0) is 7.72. The van der Waals surface area contributed by atoms with E-state index >= 15 is 0 Å². The van der Waals surface area contributed by atoms with Crippen LogP contribution in [0.15, 0.2) is 6.07 Å². The Morgan fingerprint density at radius 1 is 1.70 bits per heavy atom. The van der Waals surface area contributed by atoms with Crippen molar-refractivity contribution in [3.8, 4) is 0 Å². The average molecular weight is 159 g/mol. The molecule has 0 unspecified atom stereocenters. The Balaban J connectivity index is 3.31. The van der Waals surface area contributed by atoms with E-state index in [9.17, 15) is 0 Å². The van der Waals surface area contributed by atoms with Crippen LogP contribution in [-0.4, -0.2) is 4.98 Å². The molecule has 3 nitrogen and oxygen atoms in total. The second-order valence-electron chi connectivity index (χ2n) is 2.14. The molecule has 0 aliphatic carbocycles. The standard InChI is InChI=1S/C6H8ClN3/c1-4-3-5(7)9-6(8)10(4)2/h3,8H,1-2H3/p+1. The van der Waals surface area contributed by atoms with Gasteiger partial charge in [-0.25, -0.2) is 4.57 Å². The summed E-state index contributed by atoms with van der Waals surface area (Å²) in [6.07, 6.45) is 0. The fourth-order valence-electron chi connectivity index (χ4n) is 0.667. The first-order valence-electron chi connectivity index (χ1n) is 2.90. The summed E-state index contributed by atoms with van der Waals surface area (Å²) in [6.45, 7) is 1.92. The third-order valence-corrected chi connectivity index (χ3v) is 1.62. The van der Waals surface area contributed by atoms with E-state index in [0.29, 0.717) is 11.1 Å². The Morgan fingerprint density at radius 3 is 2.80 bits per heavy atom. The van der Waals surface area contributed by atoms with Crippen LogP contribution in [0.2, 0.25) is 5.15 Å². The number of nitrogens with two attached hydrogens (primary N) is 1. The van der Waals surface area contributed by atoms with Crippen LogP contribution in [0.3, 0.4) is 0 Å². The fraction of sp³-hybridized carbons (Fsp3) is 0.333. The van der Waals surface area contributed by atoms with Gasteiger partial charge in [-0.1, -0.05) is 4.98 Å². The summed E-state index contributed by atoms with van der Waals surface area (Å²) in [6, 6.07) is 1.76. The Labute approximate surface area is 64.5 Å². The molecule has 10 heavy (non-hydrogen) atoms. The van der Waals surface area contributed by atoms with Crippen molar-refractivity contribution < 1.29 is 4.57 Å². The number of nitrogens with zero attached hydrogens (tertiary/aromatic N) is 2. The Bertz CT molecular complexity index is 236. The van der Waals surface area contributed by atoms with Gasteiger partial charge in [0.25, 0.3) is 0 Å². The van der Waals surface area contributed by atoms with E-state index in [4.69, 9.17) is 17.3 Å². The quantitative estimate of drug-likeness (QED) is 0.440. The summed E-state index contributed by atoms with van der Waals surface area (Å²) in [5.74, 6) is 0.435. The highest BCUT2D eigenvalue weighted by atomic mass is 35.5. The fourth-order valence-corrected chi connectivity index (χ4v) is 0.911. The van der Waals surface area contributed by atoms with Crippen molar-refractivity contribution in [2.75, 3.05) is 5.73 Å². The van der Waals surface area contributed by atoms with Crippen LogP contribution in [0.4, 0.5) is 5.95 Å². The normalized spacial score (nSPS) is 9.90. The molecule has 54 valence electrons. The lowest BCUT2D eigenvalue weighted by Crippen LogP contribution is -2.36. The largest absolute Gasteiger partial charge is 0.390 e. The number of rotatable bonds is 0. The van der Waals surface area contributed by atoms with Gasteiger partial charge in [0.05, 0.1) is 12.7 Å². The highest BCUT2D eigenvalue weighted by Gasteiger charge is 2.06. The molecule has 0 aliphatic rings. The maximum Gasteiger partial charge on any atom is 0.390 e. The molecule has 0 saturated heterocycles. The van der Waals surface area contributed by atoms with Gasteiger partial charge in [-0.3, -0.25) is 5.73 Å². The maximum atomic E-state index is 5.62. The molecule has 0 radical (unpaired) electrons. The molecule has 1 rings (SSSR count). The second-order valence-corrected chi connectivity index (χ2v) is 2.52. The molecule has 0 atom stereocenters. The lowest BCUT2D eigenvalue weighted by atomic mass is 10.4. The number of halogens is 1. The van der Waals surface area contributed by atoms with Crippen LogP contribution < -0.4 is 10.3 Å². The molecule has 0 aromatic carbocycles. The topological polar surface area (TPSA) is 42.8 Å². The van der Waals surface area contributed by atoms with Gasteiger partial charge in [0.1, 0.15) is 0 Å². The smallest absolute Gasteiger partial charge is 0.287 e. The van der Waals surface area contributed by atoms with Crippen molar-refractivity contribution in [3.05, 3.63) is 16.9 Å². The van der Waals surface area contributed by atoms with Crippen LogP contribution in [0.5, 0.6) is 0 Å². The Kier molecular flexibility index (Phi) is 1.76. The van der Waals surface area contributed by atoms with Crippen molar-refractivity contribution in [1.82, 2.24) is 4.98 Å². The van der Waals surface area contributed by atoms with Crippen LogP contribution in [0, 0.1) is 6.92 Å². The van der Waals surface area contributed by atoms with E-state index in [1.54, 1.807) is 10.6 Å². The van der Waals surface area contributed by atoms with Crippen LogP contribution in [0.1, 0.15) is 5.69 Å². The first kappa shape index (κ1) is 7.28. The molecule has 2 N–H and O–H groups in total. The number of hydrogen-bond acceptors (Lipinski definition) is 2. The minimum atomic E-state index is 0.435. The van der Waals surface area contributed by atoms with Crippen LogP contribution >= 0.6 is 11.6 Å². The predicted octanol–water partition coefficient (Wildman–Crippen LogP) is 0.450. The summed E-state index contributed by atoms with van der Waals surface area (Å²) in [5, 5.41) is 0.438. The molecule has 0 fully saturated rings. The van der Waals surface area contributed by atoms with E-state index in [-0.39, 0.29) is 0 Å². The zero-order valence-electron chi connectivity index (χ0n) is 5.93. The van der Waals surface area contributed by atoms with Crippen molar-refractivity contribution in [3.63, 3.8) is 0 Å². The van der Waals surface area contributed by atoms with Gasteiger partial charge in [0.15, 0.2) is 0 Å². The van der Waals surface area contributed by atoms with Crippen molar-refractivity contribution in [1.29, 1.82) is 0 Å². The SMILES string of the molecule is Cc1cc(Cl)nc(N)[n+]1C. The third kappa shape index (κ3) is 1.19. The zero-order valence-corrected chi connectivity index (χ0v) is 6.68. The van der Waals surface area contributed by atoms with Gasteiger partial charge in [-0.15, -0.1) is 0 Å². The molecule has 4 heteroatoms. The molecular formula is C6H9ClN3+. The van der Waals surface area contributed by atoms with Gasteiger partial charge < -0.3 is 0 Å². The summed E-state index contributed by atoms with van der Waals surface area (Å²) < 4.78 is 1.77. The third-order valence-electron chi connectivity index (χ3n) is 1.42. The minimum Gasteiger partial charge on any atom is -0.287 e. The molecule has 1 aromatic rings.